The largest absolute Gasteiger partial charge is 0.495 e. The molecular formula is C20H17ClFN3O2. The molecule has 0 bridgehead atoms. The van der Waals surface area contributed by atoms with Crippen LogP contribution in [0.3, 0.4) is 0 Å². The van der Waals surface area contributed by atoms with Gasteiger partial charge in [0.25, 0.3) is 5.91 Å². The number of hydrogen-bond acceptors (Lipinski definition) is 4. The van der Waals surface area contributed by atoms with Crippen LogP contribution >= 0.6 is 11.6 Å². The minimum atomic E-state index is -0.487. The molecular weight excluding hydrogens is 369 g/mol. The lowest BCUT2D eigenvalue weighted by molar-refractivity contribution is 0.102. The van der Waals surface area contributed by atoms with Crippen molar-refractivity contribution >= 4 is 34.6 Å². The first-order valence-corrected chi connectivity index (χ1v) is 8.48. The zero-order valence-electron chi connectivity index (χ0n) is 14.7. The number of aromatic nitrogens is 1. The van der Waals surface area contributed by atoms with Crippen molar-refractivity contribution in [2.75, 3.05) is 17.7 Å². The summed E-state index contributed by atoms with van der Waals surface area (Å²) in [6, 6.07) is 13.1. The van der Waals surface area contributed by atoms with Gasteiger partial charge in [-0.05, 0) is 55.0 Å². The van der Waals surface area contributed by atoms with E-state index in [0.29, 0.717) is 22.8 Å². The summed E-state index contributed by atoms with van der Waals surface area (Å²) >= 11 is 5.77. The number of amides is 1. The maximum atomic E-state index is 13.2. The topological polar surface area (TPSA) is 63.2 Å². The van der Waals surface area contributed by atoms with Crippen LogP contribution in [-0.2, 0) is 0 Å². The van der Waals surface area contributed by atoms with Gasteiger partial charge in [0.05, 0.1) is 29.7 Å². The summed E-state index contributed by atoms with van der Waals surface area (Å²) in [5.74, 6) is -0.269. The smallest absolute Gasteiger partial charge is 0.274 e. The predicted octanol–water partition coefficient (Wildman–Crippen LogP) is 5.19. The standard InChI is InChI=1S/C20H17ClFN3O2/c1-12-3-8-19(27-2)18(9-12)25-20(26)17-7-5-14(11-23-17)24-13-4-6-16(22)15(21)10-13/h3-11,24H,1-2H3,(H,25,26). The molecule has 0 spiro atoms. The molecule has 0 saturated carbocycles. The van der Waals surface area contributed by atoms with Gasteiger partial charge < -0.3 is 15.4 Å². The van der Waals surface area contributed by atoms with Gasteiger partial charge >= 0.3 is 0 Å². The molecule has 2 N–H and O–H groups in total. The number of carbonyl (C=O) groups excluding carboxylic acids is 1. The van der Waals surface area contributed by atoms with Crippen LogP contribution in [0.5, 0.6) is 5.75 Å². The van der Waals surface area contributed by atoms with Crippen LogP contribution in [-0.4, -0.2) is 18.0 Å². The van der Waals surface area contributed by atoms with Crippen molar-refractivity contribution < 1.29 is 13.9 Å². The summed E-state index contributed by atoms with van der Waals surface area (Å²) in [5.41, 5.74) is 3.08. The number of aryl methyl sites for hydroxylation is 1. The van der Waals surface area contributed by atoms with E-state index in [4.69, 9.17) is 16.3 Å². The first kappa shape index (κ1) is 18.7. The molecule has 0 unspecified atom stereocenters. The van der Waals surface area contributed by atoms with Crippen molar-refractivity contribution in [3.8, 4) is 5.75 Å². The molecule has 0 fully saturated rings. The first-order valence-electron chi connectivity index (χ1n) is 8.10. The second-order valence-corrected chi connectivity index (χ2v) is 6.25. The third kappa shape index (κ3) is 4.54. The molecule has 5 nitrogen and oxygen atoms in total. The Hall–Kier alpha value is -3.12. The van der Waals surface area contributed by atoms with Crippen LogP contribution < -0.4 is 15.4 Å². The summed E-state index contributed by atoms with van der Waals surface area (Å²) in [7, 11) is 1.54. The van der Waals surface area contributed by atoms with Crippen molar-refractivity contribution in [2.24, 2.45) is 0 Å². The third-order valence-electron chi connectivity index (χ3n) is 3.81. The highest BCUT2D eigenvalue weighted by molar-refractivity contribution is 6.31. The number of hydrogen-bond donors (Lipinski definition) is 2. The highest BCUT2D eigenvalue weighted by Crippen LogP contribution is 2.26. The molecule has 1 amide bonds. The molecule has 0 saturated heterocycles. The van der Waals surface area contributed by atoms with Crippen molar-refractivity contribution in [1.29, 1.82) is 0 Å². The van der Waals surface area contributed by atoms with E-state index in [1.54, 1.807) is 31.4 Å². The summed E-state index contributed by atoms with van der Waals surface area (Å²) in [6.45, 7) is 1.93. The molecule has 0 aliphatic carbocycles. The molecule has 0 atom stereocenters. The fourth-order valence-corrected chi connectivity index (χ4v) is 2.63. The van der Waals surface area contributed by atoms with Gasteiger partial charge in [0.2, 0.25) is 0 Å². The summed E-state index contributed by atoms with van der Waals surface area (Å²) < 4.78 is 18.5. The molecule has 27 heavy (non-hydrogen) atoms. The lowest BCUT2D eigenvalue weighted by atomic mass is 10.2. The highest BCUT2D eigenvalue weighted by atomic mass is 35.5. The number of methoxy groups -OCH3 is 1. The Bertz CT molecular complexity index is 977. The van der Waals surface area contributed by atoms with E-state index in [-0.39, 0.29) is 16.6 Å². The number of nitrogens with zero attached hydrogens (tertiary/aromatic N) is 1. The fourth-order valence-electron chi connectivity index (χ4n) is 2.45. The molecule has 3 aromatic rings. The SMILES string of the molecule is COc1ccc(C)cc1NC(=O)c1ccc(Nc2ccc(F)c(Cl)c2)cn1. The van der Waals surface area contributed by atoms with E-state index in [1.807, 2.05) is 19.1 Å². The zero-order valence-corrected chi connectivity index (χ0v) is 15.5. The van der Waals surface area contributed by atoms with Crippen molar-refractivity contribution in [2.45, 2.75) is 6.92 Å². The number of ether oxygens (including phenoxy) is 1. The van der Waals surface area contributed by atoms with Crippen LogP contribution in [0.15, 0.2) is 54.7 Å². The van der Waals surface area contributed by atoms with Gasteiger partial charge in [0.1, 0.15) is 17.3 Å². The van der Waals surface area contributed by atoms with Crippen LogP contribution in [0.2, 0.25) is 5.02 Å². The molecule has 0 aliphatic rings. The molecule has 1 heterocycles. The lowest BCUT2D eigenvalue weighted by Crippen LogP contribution is -2.14. The van der Waals surface area contributed by atoms with Gasteiger partial charge in [-0.1, -0.05) is 17.7 Å². The van der Waals surface area contributed by atoms with Crippen molar-refractivity contribution in [3.05, 3.63) is 76.8 Å². The number of halogens is 2. The Morgan fingerprint density at radius 1 is 1.11 bits per heavy atom. The number of rotatable bonds is 5. The maximum absolute atomic E-state index is 13.2. The van der Waals surface area contributed by atoms with Crippen LogP contribution in [0.25, 0.3) is 0 Å². The molecule has 1 aromatic heterocycles. The van der Waals surface area contributed by atoms with E-state index < -0.39 is 5.82 Å². The van der Waals surface area contributed by atoms with Gasteiger partial charge in [-0.3, -0.25) is 4.79 Å². The van der Waals surface area contributed by atoms with Crippen LogP contribution in [0.4, 0.5) is 21.5 Å². The van der Waals surface area contributed by atoms with E-state index >= 15 is 0 Å². The molecule has 0 aliphatic heterocycles. The number of anilines is 3. The molecule has 138 valence electrons. The summed E-state index contributed by atoms with van der Waals surface area (Å²) in [5, 5.41) is 5.87. The quantitative estimate of drug-likeness (QED) is 0.634. The molecule has 2 aromatic carbocycles. The van der Waals surface area contributed by atoms with E-state index in [0.717, 1.165) is 5.56 Å². The predicted molar refractivity (Wildman–Crippen MR) is 105 cm³/mol. The Kier molecular flexibility index (Phi) is 5.57. The molecule has 7 heteroatoms. The number of benzene rings is 2. The van der Waals surface area contributed by atoms with E-state index in [1.165, 1.54) is 18.3 Å². The Labute approximate surface area is 161 Å². The zero-order chi connectivity index (χ0) is 19.4. The molecule has 3 rings (SSSR count). The lowest BCUT2D eigenvalue weighted by Gasteiger charge is -2.11. The second kappa shape index (κ2) is 8.05. The maximum Gasteiger partial charge on any atom is 0.274 e. The van der Waals surface area contributed by atoms with E-state index in [9.17, 15) is 9.18 Å². The number of pyridine rings is 1. The van der Waals surface area contributed by atoms with Gasteiger partial charge in [0, 0.05) is 5.69 Å². The first-order chi connectivity index (χ1) is 13.0. The van der Waals surface area contributed by atoms with Crippen LogP contribution in [0.1, 0.15) is 16.1 Å². The summed E-state index contributed by atoms with van der Waals surface area (Å²) in [4.78, 5) is 16.6. The summed E-state index contributed by atoms with van der Waals surface area (Å²) in [6.07, 6.45) is 1.51. The average molecular weight is 386 g/mol. The second-order valence-electron chi connectivity index (χ2n) is 5.84. The van der Waals surface area contributed by atoms with Gasteiger partial charge in [0.15, 0.2) is 0 Å². The van der Waals surface area contributed by atoms with Crippen molar-refractivity contribution in [1.82, 2.24) is 4.98 Å². The Morgan fingerprint density at radius 3 is 2.56 bits per heavy atom. The van der Waals surface area contributed by atoms with Gasteiger partial charge in [-0.2, -0.15) is 0 Å². The highest BCUT2D eigenvalue weighted by Gasteiger charge is 2.11. The Balaban J connectivity index is 1.72. The van der Waals surface area contributed by atoms with E-state index in [2.05, 4.69) is 15.6 Å². The van der Waals surface area contributed by atoms with Crippen molar-refractivity contribution in [3.63, 3.8) is 0 Å². The molecule has 0 radical (unpaired) electrons. The number of nitrogens with one attached hydrogen (secondary N) is 2. The number of carbonyl (C=O) groups is 1. The average Bonchev–Trinajstić information content (AvgIpc) is 2.65. The van der Waals surface area contributed by atoms with Gasteiger partial charge in [-0.25, -0.2) is 9.37 Å². The normalized spacial score (nSPS) is 10.4. The van der Waals surface area contributed by atoms with Gasteiger partial charge in [-0.15, -0.1) is 0 Å². The van der Waals surface area contributed by atoms with Crippen LogP contribution in [0, 0.1) is 12.7 Å². The third-order valence-corrected chi connectivity index (χ3v) is 4.10. The minimum absolute atomic E-state index is 0.0241. The Morgan fingerprint density at radius 2 is 1.89 bits per heavy atom. The minimum Gasteiger partial charge on any atom is -0.495 e. The monoisotopic (exact) mass is 385 g/mol. The fraction of sp³-hybridized carbons (Fsp3) is 0.100.